The second-order valence-electron chi connectivity index (χ2n) is 5.24. The summed E-state index contributed by atoms with van der Waals surface area (Å²) in [6.07, 6.45) is 3.71. The number of nitrogens with zero attached hydrogens (tertiary/aromatic N) is 2. The molecule has 0 aliphatic rings. The summed E-state index contributed by atoms with van der Waals surface area (Å²) in [6.45, 7) is 0.917. The molecule has 0 aliphatic carbocycles. The van der Waals surface area contributed by atoms with Crippen LogP contribution < -0.4 is 5.32 Å². The van der Waals surface area contributed by atoms with Crippen LogP contribution >= 0.6 is 11.6 Å². The molecule has 0 fully saturated rings. The number of carbonyl (C=O) groups excluding carboxylic acids is 1. The summed E-state index contributed by atoms with van der Waals surface area (Å²) >= 11 is 5.87. The molecule has 0 saturated carbocycles. The first kappa shape index (κ1) is 16.2. The van der Waals surface area contributed by atoms with Crippen molar-refractivity contribution in [3.05, 3.63) is 77.3 Å². The lowest BCUT2D eigenvalue weighted by Gasteiger charge is -2.07. The minimum Gasteiger partial charge on any atom is -0.350 e. The Bertz CT molecular complexity index is 848. The van der Waals surface area contributed by atoms with Crippen LogP contribution in [0.2, 0.25) is 5.02 Å². The van der Waals surface area contributed by atoms with Crippen LogP contribution in [0.4, 0.5) is 4.39 Å². The topological polar surface area (TPSA) is 46.9 Å². The van der Waals surface area contributed by atoms with E-state index in [1.54, 1.807) is 10.9 Å². The highest BCUT2D eigenvalue weighted by Gasteiger charge is 2.10. The fraction of sp³-hybridized carbons (Fsp3) is 0.111. The molecule has 1 amide bonds. The van der Waals surface area contributed by atoms with Gasteiger partial charge in [0.2, 0.25) is 0 Å². The molecule has 1 aromatic heterocycles. The quantitative estimate of drug-likeness (QED) is 0.766. The van der Waals surface area contributed by atoms with E-state index < -0.39 is 5.82 Å². The molecule has 1 heterocycles. The molecule has 2 aromatic carbocycles. The molecule has 0 spiro atoms. The lowest BCUT2D eigenvalue weighted by atomic mass is 10.1. The van der Waals surface area contributed by atoms with Gasteiger partial charge < -0.3 is 5.32 Å². The summed E-state index contributed by atoms with van der Waals surface area (Å²) in [6, 6.07) is 13.6. The number of rotatable bonds is 5. The van der Waals surface area contributed by atoms with Crippen LogP contribution in [-0.4, -0.2) is 22.2 Å². The molecule has 0 unspecified atom stereocenters. The van der Waals surface area contributed by atoms with Gasteiger partial charge in [0, 0.05) is 18.3 Å². The van der Waals surface area contributed by atoms with Crippen molar-refractivity contribution < 1.29 is 9.18 Å². The number of nitrogens with one attached hydrogen (secondary N) is 1. The van der Waals surface area contributed by atoms with Gasteiger partial charge in [0.1, 0.15) is 5.82 Å². The summed E-state index contributed by atoms with van der Waals surface area (Å²) in [5, 5.41) is 7.13. The zero-order valence-corrected chi connectivity index (χ0v) is 13.5. The van der Waals surface area contributed by atoms with Crippen molar-refractivity contribution >= 4 is 17.5 Å². The third kappa shape index (κ3) is 3.81. The van der Waals surface area contributed by atoms with Gasteiger partial charge in [-0.3, -0.25) is 9.48 Å². The van der Waals surface area contributed by atoms with Crippen LogP contribution in [0.5, 0.6) is 0 Å². The predicted molar refractivity (Wildman–Crippen MR) is 91.4 cm³/mol. The first-order valence-corrected chi connectivity index (χ1v) is 7.82. The Morgan fingerprint density at radius 3 is 2.71 bits per heavy atom. The maximum atomic E-state index is 13.0. The molecule has 0 radical (unpaired) electrons. The molecule has 0 saturated heterocycles. The Kier molecular flexibility index (Phi) is 4.91. The molecule has 0 atom stereocenters. The van der Waals surface area contributed by atoms with Crippen molar-refractivity contribution in [3.8, 4) is 11.1 Å². The molecule has 3 rings (SSSR count). The van der Waals surface area contributed by atoms with Crippen LogP contribution in [-0.2, 0) is 6.54 Å². The summed E-state index contributed by atoms with van der Waals surface area (Å²) < 4.78 is 14.8. The molecule has 6 heteroatoms. The first-order valence-electron chi connectivity index (χ1n) is 7.44. The second kappa shape index (κ2) is 7.27. The smallest absolute Gasteiger partial charge is 0.252 e. The van der Waals surface area contributed by atoms with E-state index in [1.807, 2.05) is 36.5 Å². The average Bonchev–Trinajstić information content (AvgIpc) is 3.04. The van der Waals surface area contributed by atoms with E-state index >= 15 is 0 Å². The molecule has 1 N–H and O–H groups in total. The molecule has 4 nitrogen and oxygen atoms in total. The molecule has 122 valence electrons. The Balaban J connectivity index is 1.57. The van der Waals surface area contributed by atoms with Crippen molar-refractivity contribution in [1.29, 1.82) is 0 Å². The van der Waals surface area contributed by atoms with E-state index in [-0.39, 0.29) is 16.5 Å². The third-order valence-electron chi connectivity index (χ3n) is 3.54. The van der Waals surface area contributed by atoms with Crippen LogP contribution in [0.15, 0.2) is 60.9 Å². The van der Waals surface area contributed by atoms with Crippen molar-refractivity contribution in [3.63, 3.8) is 0 Å². The summed E-state index contributed by atoms with van der Waals surface area (Å²) in [5.74, 6) is -0.808. The first-order chi connectivity index (χ1) is 11.6. The van der Waals surface area contributed by atoms with Crippen LogP contribution in [0, 0.1) is 5.82 Å². The molecule has 0 bridgehead atoms. The van der Waals surface area contributed by atoms with Crippen LogP contribution in [0.3, 0.4) is 0 Å². The van der Waals surface area contributed by atoms with Crippen molar-refractivity contribution in [1.82, 2.24) is 15.1 Å². The molecule has 24 heavy (non-hydrogen) atoms. The van der Waals surface area contributed by atoms with E-state index in [9.17, 15) is 9.18 Å². The maximum Gasteiger partial charge on any atom is 0.252 e. The zero-order chi connectivity index (χ0) is 16.9. The highest BCUT2D eigenvalue weighted by atomic mass is 35.5. The van der Waals surface area contributed by atoms with Crippen molar-refractivity contribution in [2.45, 2.75) is 6.54 Å². The zero-order valence-electron chi connectivity index (χ0n) is 12.7. The largest absolute Gasteiger partial charge is 0.350 e. The monoisotopic (exact) mass is 343 g/mol. The molecule has 3 aromatic rings. The Morgan fingerprint density at radius 2 is 1.96 bits per heavy atom. The van der Waals surface area contributed by atoms with Gasteiger partial charge in [-0.25, -0.2) is 4.39 Å². The predicted octanol–water partition coefficient (Wildman–Crippen LogP) is 3.77. The van der Waals surface area contributed by atoms with Crippen LogP contribution in [0.1, 0.15) is 10.4 Å². The van der Waals surface area contributed by atoms with E-state index in [0.29, 0.717) is 13.1 Å². The minimum atomic E-state index is -0.471. The van der Waals surface area contributed by atoms with Crippen molar-refractivity contribution in [2.75, 3.05) is 6.54 Å². The average molecular weight is 344 g/mol. The van der Waals surface area contributed by atoms with Gasteiger partial charge in [-0.15, -0.1) is 0 Å². The van der Waals surface area contributed by atoms with Gasteiger partial charge in [0.15, 0.2) is 0 Å². The third-order valence-corrected chi connectivity index (χ3v) is 3.86. The number of amides is 1. The van der Waals surface area contributed by atoms with E-state index in [2.05, 4.69) is 10.4 Å². The van der Waals surface area contributed by atoms with Gasteiger partial charge in [-0.1, -0.05) is 41.9 Å². The van der Waals surface area contributed by atoms with E-state index in [1.165, 1.54) is 12.1 Å². The number of carbonyl (C=O) groups is 1. The van der Waals surface area contributed by atoms with Gasteiger partial charge in [-0.05, 0) is 23.8 Å². The Hall–Kier alpha value is -2.66. The lowest BCUT2D eigenvalue weighted by molar-refractivity contribution is 0.0952. The molecular weight excluding hydrogens is 329 g/mol. The number of halogens is 2. The summed E-state index contributed by atoms with van der Waals surface area (Å²) in [4.78, 5) is 12.0. The number of hydrogen-bond donors (Lipinski definition) is 1. The lowest BCUT2D eigenvalue weighted by Crippen LogP contribution is -2.27. The Labute approximate surface area is 143 Å². The number of benzene rings is 2. The van der Waals surface area contributed by atoms with E-state index in [0.717, 1.165) is 17.2 Å². The number of hydrogen-bond acceptors (Lipinski definition) is 2. The molecule has 0 aliphatic heterocycles. The highest BCUT2D eigenvalue weighted by Crippen LogP contribution is 2.18. The van der Waals surface area contributed by atoms with E-state index in [4.69, 9.17) is 11.6 Å². The summed E-state index contributed by atoms with van der Waals surface area (Å²) in [7, 11) is 0. The van der Waals surface area contributed by atoms with Gasteiger partial charge in [-0.2, -0.15) is 5.10 Å². The van der Waals surface area contributed by atoms with Crippen LogP contribution in [0.25, 0.3) is 11.1 Å². The van der Waals surface area contributed by atoms with Crippen molar-refractivity contribution in [2.24, 2.45) is 0 Å². The normalized spacial score (nSPS) is 10.6. The summed E-state index contributed by atoms with van der Waals surface area (Å²) in [5.41, 5.74) is 2.36. The fourth-order valence-corrected chi connectivity index (χ4v) is 2.57. The molecular formula is C18H15ClFN3O. The van der Waals surface area contributed by atoms with Gasteiger partial charge in [0.05, 0.1) is 23.3 Å². The highest BCUT2D eigenvalue weighted by molar-refractivity contribution is 6.33. The number of aromatic nitrogens is 2. The maximum absolute atomic E-state index is 13.0. The minimum absolute atomic E-state index is 0.0953. The fourth-order valence-electron chi connectivity index (χ4n) is 2.32. The van der Waals surface area contributed by atoms with Gasteiger partial charge >= 0.3 is 0 Å². The Morgan fingerprint density at radius 1 is 1.17 bits per heavy atom. The van der Waals surface area contributed by atoms with Gasteiger partial charge in [0.25, 0.3) is 5.91 Å². The second-order valence-corrected chi connectivity index (χ2v) is 5.65. The standard InChI is InChI=1S/C18H15ClFN3O/c19-17-10-15(20)6-7-16(17)18(24)21-8-9-23-12-14(11-22-23)13-4-2-1-3-5-13/h1-7,10-12H,8-9H2,(H,21,24). The SMILES string of the molecule is O=C(NCCn1cc(-c2ccccc2)cn1)c1ccc(F)cc1Cl.